The van der Waals surface area contributed by atoms with Crippen molar-refractivity contribution in [1.29, 1.82) is 5.26 Å². The average Bonchev–Trinajstić information content (AvgIpc) is 3.22. The number of ether oxygens (including phenoxy) is 2. The number of nitriles is 1. The van der Waals surface area contributed by atoms with Crippen molar-refractivity contribution >= 4 is 23.7 Å². The van der Waals surface area contributed by atoms with Crippen LogP contribution in [0.2, 0.25) is 0 Å². The Morgan fingerprint density at radius 1 is 1.11 bits per heavy atom. The van der Waals surface area contributed by atoms with Crippen LogP contribution >= 0.6 is 0 Å². The molecule has 2 N–H and O–H groups in total. The van der Waals surface area contributed by atoms with E-state index in [0.717, 1.165) is 25.9 Å². The summed E-state index contributed by atoms with van der Waals surface area (Å²) in [4.78, 5) is 50.3. The van der Waals surface area contributed by atoms with Crippen LogP contribution in [0.5, 0.6) is 5.88 Å². The number of fused-ring (bicyclic) bond motifs is 1. The van der Waals surface area contributed by atoms with E-state index in [1.165, 1.54) is 0 Å². The molecule has 0 unspecified atom stereocenters. The van der Waals surface area contributed by atoms with Crippen LogP contribution in [0.4, 0.5) is 15.3 Å². The van der Waals surface area contributed by atoms with E-state index in [1.54, 1.807) is 46.3 Å². The van der Waals surface area contributed by atoms with Crippen LogP contribution in [-0.4, -0.2) is 95.2 Å². The Morgan fingerprint density at radius 2 is 1.84 bits per heavy atom. The maximum Gasteiger partial charge on any atom is 0.410 e. The highest BCUT2D eigenvalue weighted by Gasteiger charge is 2.57. The number of rotatable bonds is 5. The molecule has 2 aromatic rings. The number of carbonyl (C=O) groups excluding carboxylic acids is 3. The van der Waals surface area contributed by atoms with E-state index in [0.29, 0.717) is 61.2 Å². The fourth-order valence-corrected chi connectivity index (χ4v) is 6.92. The number of likely N-dealkylation sites (tertiary alicyclic amines) is 3. The van der Waals surface area contributed by atoms with Gasteiger partial charge in [0.15, 0.2) is 5.54 Å². The lowest BCUT2D eigenvalue weighted by atomic mass is 9.71. The second-order valence-electron chi connectivity index (χ2n) is 13.3. The predicted octanol–water partition coefficient (Wildman–Crippen LogP) is 3.27. The first-order valence-electron chi connectivity index (χ1n) is 15.2. The van der Waals surface area contributed by atoms with Gasteiger partial charge in [-0.05, 0) is 70.9 Å². The number of pyridine rings is 1. The average molecular weight is 602 g/mol. The summed E-state index contributed by atoms with van der Waals surface area (Å²) < 4.78 is 11.3. The Balaban J connectivity index is 1.12. The van der Waals surface area contributed by atoms with Gasteiger partial charge in [-0.25, -0.2) is 14.6 Å². The van der Waals surface area contributed by atoms with E-state index in [4.69, 9.17) is 9.47 Å². The van der Waals surface area contributed by atoms with Crippen LogP contribution in [0.15, 0.2) is 36.5 Å². The van der Waals surface area contributed by atoms with E-state index < -0.39 is 17.0 Å². The topological polar surface area (TPSA) is 140 Å². The summed E-state index contributed by atoms with van der Waals surface area (Å²) in [6, 6.07) is 10.5. The van der Waals surface area contributed by atoms with Gasteiger partial charge in [-0.1, -0.05) is 0 Å². The highest BCUT2D eigenvalue weighted by atomic mass is 16.6. The zero-order valence-corrected chi connectivity index (χ0v) is 25.7. The number of hydrogen-bond acceptors (Lipinski definition) is 8. The third-order valence-corrected chi connectivity index (χ3v) is 8.94. The SMILES string of the molecule is CCOc1ncccc1[C@]1(NC(=O)N2CC3(C2)CN(C2CCN(C(=O)OC(C)(C)C)CC2)C3)C(=O)Nc2ccc(C#N)cc21. The van der Waals surface area contributed by atoms with Crippen molar-refractivity contribution in [2.75, 3.05) is 51.2 Å². The summed E-state index contributed by atoms with van der Waals surface area (Å²) in [5.41, 5.74) is -0.316. The fraction of sp³-hybridized carbons (Fsp3) is 0.531. The summed E-state index contributed by atoms with van der Waals surface area (Å²) in [5, 5.41) is 15.5. The first kappa shape index (κ1) is 29.7. The molecule has 0 bridgehead atoms. The number of urea groups is 1. The minimum absolute atomic E-state index is 0.0292. The molecule has 44 heavy (non-hydrogen) atoms. The maximum atomic E-state index is 13.8. The smallest absolute Gasteiger partial charge is 0.410 e. The number of benzene rings is 1. The number of nitrogens with one attached hydrogen (secondary N) is 2. The molecule has 1 atom stereocenters. The van der Waals surface area contributed by atoms with Gasteiger partial charge < -0.3 is 29.9 Å². The van der Waals surface area contributed by atoms with Gasteiger partial charge in [-0.15, -0.1) is 0 Å². The van der Waals surface area contributed by atoms with Crippen molar-refractivity contribution in [2.24, 2.45) is 5.41 Å². The summed E-state index contributed by atoms with van der Waals surface area (Å²) in [7, 11) is 0. The highest BCUT2D eigenvalue weighted by molar-refractivity contribution is 6.10. The van der Waals surface area contributed by atoms with Crippen LogP contribution in [0, 0.1) is 16.7 Å². The molecule has 0 saturated carbocycles. The van der Waals surface area contributed by atoms with Crippen LogP contribution in [0.1, 0.15) is 57.2 Å². The monoisotopic (exact) mass is 601 g/mol. The van der Waals surface area contributed by atoms with Crippen LogP contribution < -0.4 is 15.4 Å². The normalized spacial score (nSPS) is 22.8. The minimum Gasteiger partial charge on any atom is -0.478 e. The van der Waals surface area contributed by atoms with Crippen molar-refractivity contribution in [1.82, 2.24) is 25.0 Å². The molecule has 12 heteroatoms. The molecule has 4 aliphatic heterocycles. The third kappa shape index (κ3) is 5.19. The molecule has 4 aliphatic rings. The molecule has 0 radical (unpaired) electrons. The van der Waals surface area contributed by atoms with Crippen LogP contribution in [-0.2, 0) is 15.1 Å². The first-order chi connectivity index (χ1) is 21.0. The van der Waals surface area contributed by atoms with Gasteiger partial charge in [0, 0.05) is 68.2 Å². The molecule has 0 aliphatic carbocycles. The minimum atomic E-state index is -1.62. The van der Waals surface area contributed by atoms with Crippen molar-refractivity contribution in [3.05, 3.63) is 53.2 Å². The van der Waals surface area contributed by atoms with Gasteiger partial charge >= 0.3 is 12.1 Å². The lowest BCUT2D eigenvalue weighted by Gasteiger charge is -2.62. The molecule has 5 heterocycles. The molecule has 12 nitrogen and oxygen atoms in total. The summed E-state index contributed by atoms with van der Waals surface area (Å²) in [6.45, 7) is 12.1. The fourth-order valence-electron chi connectivity index (χ4n) is 6.92. The van der Waals surface area contributed by atoms with Gasteiger partial charge in [0.1, 0.15) is 5.60 Å². The van der Waals surface area contributed by atoms with Gasteiger partial charge in [0.25, 0.3) is 5.91 Å². The molecule has 232 valence electrons. The summed E-state index contributed by atoms with van der Waals surface area (Å²) in [6.07, 6.45) is 3.12. The molecular weight excluding hydrogens is 562 g/mol. The molecule has 1 aromatic carbocycles. The van der Waals surface area contributed by atoms with E-state index in [2.05, 4.69) is 26.6 Å². The Kier molecular flexibility index (Phi) is 7.40. The number of hydrogen-bond donors (Lipinski definition) is 2. The van der Waals surface area contributed by atoms with E-state index in [9.17, 15) is 19.6 Å². The van der Waals surface area contributed by atoms with Crippen molar-refractivity contribution in [3.8, 4) is 11.9 Å². The van der Waals surface area contributed by atoms with E-state index in [-0.39, 0.29) is 23.4 Å². The van der Waals surface area contributed by atoms with E-state index >= 15 is 0 Å². The predicted molar refractivity (Wildman–Crippen MR) is 161 cm³/mol. The second kappa shape index (κ2) is 11.0. The molecule has 3 saturated heterocycles. The Hall–Kier alpha value is -4.37. The number of amides is 4. The quantitative estimate of drug-likeness (QED) is 0.532. The number of nitrogens with zero attached hydrogens (tertiary/aromatic N) is 5. The first-order valence-corrected chi connectivity index (χ1v) is 15.2. The Morgan fingerprint density at radius 3 is 2.50 bits per heavy atom. The molecule has 6 rings (SSSR count). The zero-order valence-electron chi connectivity index (χ0n) is 25.7. The maximum absolute atomic E-state index is 13.8. The summed E-state index contributed by atoms with van der Waals surface area (Å²) in [5.74, 6) is -0.194. The number of aromatic nitrogens is 1. The number of anilines is 1. The molecule has 1 aromatic heterocycles. The van der Waals surface area contributed by atoms with Gasteiger partial charge in [-0.2, -0.15) is 5.26 Å². The largest absolute Gasteiger partial charge is 0.478 e. The molecule has 3 fully saturated rings. The summed E-state index contributed by atoms with van der Waals surface area (Å²) >= 11 is 0. The lowest BCUT2D eigenvalue weighted by molar-refractivity contribution is -0.123. The van der Waals surface area contributed by atoms with Gasteiger partial charge in [0.2, 0.25) is 5.88 Å². The number of carbonyl (C=O) groups is 3. The highest BCUT2D eigenvalue weighted by Crippen LogP contribution is 2.46. The van der Waals surface area contributed by atoms with E-state index in [1.807, 2.05) is 27.7 Å². The number of piperidine rings is 1. The third-order valence-electron chi connectivity index (χ3n) is 8.94. The molecule has 1 spiro atoms. The Bertz CT molecular complexity index is 1510. The lowest BCUT2D eigenvalue weighted by Crippen LogP contribution is -2.76. The van der Waals surface area contributed by atoms with Crippen molar-refractivity contribution in [2.45, 2.75) is 57.7 Å². The van der Waals surface area contributed by atoms with Gasteiger partial charge in [0.05, 0.1) is 23.8 Å². The van der Waals surface area contributed by atoms with Gasteiger partial charge in [-0.3, -0.25) is 9.69 Å². The standard InChI is InChI=1S/C32H39N7O5/c1-5-43-26-23(7-6-12-34-26)32(24-15-21(16-33)8-9-25(24)35-27(32)40)36-28(41)39-19-31(20-39)17-38(18-31)22-10-13-37(14-11-22)29(42)44-30(2,3)4/h6-9,12,15,22H,5,10-11,13-14,17-20H2,1-4H3,(H,35,40)(H,36,41)/t32-/m1/s1. The molecular formula is C32H39N7O5. The van der Waals surface area contributed by atoms with Crippen LogP contribution in [0.25, 0.3) is 0 Å². The zero-order chi connectivity index (χ0) is 31.3. The van der Waals surface area contributed by atoms with Crippen molar-refractivity contribution < 1.29 is 23.9 Å². The molecule has 4 amide bonds. The second-order valence-corrected chi connectivity index (χ2v) is 13.3. The Labute approximate surface area is 257 Å². The van der Waals surface area contributed by atoms with Crippen LogP contribution in [0.3, 0.4) is 0 Å². The van der Waals surface area contributed by atoms with Crippen molar-refractivity contribution in [3.63, 3.8) is 0 Å².